The quantitative estimate of drug-likeness (QED) is 0.251. The number of nitrogens with zero attached hydrogens (tertiary/aromatic N) is 2. The van der Waals surface area contributed by atoms with E-state index in [2.05, 4.69) is 35.1 Å². The number of likely N-dealkylation sites (tertiary alicyclic amines) is 1. The lowest BCUT2D eigenvalue weighted by Crippen LogP contribution is -2.49. The Morgan fingerprint density at radius 1 is 1.20 bits per heavy atom. The van der Waals surface area contributed by atoms with E-state index in [0.717, 1.165) is 49.0 Å². The zero-order chi connectivity index (χ0) is 21.4. The number of ether oxygens (including phenoxy) is 3. The molecule has 0 saturated carbocycles. The molecule has 0 spiro atoms. The number of aliphatic imine (C=N–C) groups is 1. The molecule has 1 aliphatic rings. The second kappa shape index (κ2) is 12.2. The Bertz CT molecular complexity index is 716. The van der Waals surface area contributed by atoms with Gasteiger partial charge in [0.25, 0.3) is 0 Å². The topological polar surface area (TPSA) is 72.4 Å². The number of esters is 1. The number of hydrogen-bond donors (Lipinski definition) is 1. The van der Waals surface area contributed by atoms with Crippen LogP contribution in [0.1, 0.15) is 39.2 Å². The first-order chi connectivity index (χ1) is 13.9. The highest BCUT2D eigenvalue weighted by atomic mass is 127. The van der Waals surface area contributed by atoms with Crippen LogP contribution in [0.5, 0.6) is 11.5 Å². The molecule has 0 radical (unpaired) electrons. The maximum Gasteiger partial charge on any atom is 0.309 e. The van der Waals surface area contributed by atoms with Gasteiger partial charge in [0.15, 0.2) is 17.5 Å². The fourth-order valence-electron chi connectivity index (χ4n) is 3.58. The maximum absolute atomic E-state index is 12.0. The van der Waals surface area contributed by atoms with Gasteiger partial charge in [-0.25, -0.2) is 0 Å². The van der Waals surface area contributed by atoms with Crippen LogP contribution in [0.15, 0.2) is 23.2 Å². The van der Waals surface area contributed by atoms with E-state index in [9.17, 15) is 4.79 Å². The number of carbonyl (C=O) groups is 1. The normalized spacial score (nSPS) is 15.3. The second-order valence-corrected chi connectivity index (χ2v) is 7.87. The summed E-state index contributed by atoms with van der Waals surface area (Å²) >= 11 is 0. The summed E-state index contributed by atoms with van der Waals surface area (Å²) in [5.41, 5.74) is 1.01. The first-order valence-electron chi connectivity index (χ1n) is 10.2. The van der Waals surface area contributed by atoms with Gasteiger partial charge in [-0.2, -0.15) is 0 Å². The van der Waals surface area contributed by atoms with Crippen LogP contribution in [0.4, 0.5) is 0 Å². The van der Waals surface area contributed by atoms with Gasteiger partial charge in [-0.1, -0.05) is 19.9 Å². The number of nitrogens with one attached hydrogen (secondary N) is 1. The highest BCUT2D eigenvalue weighted by Crippen LogP contribution is 2.33. The molecule has 2 rings (SSSR count). The second-order valence-electron chi connectivity index (χ2n) is 7.87. The van der Waals surface area contributed by atoms with E-state index < -0.39 is 0 Å². The summed E-state index contributed by atoms with van der Waals surface area (Å²) in [6, 6.07) is 6.02. The summed E-state index contributed by atoms with van der Waals surface area (Å²) in [5.74, 6) is 2.22. The van der Waals surface area contributed by atoms with E-state index in [1.165, 1.54) is 0 Å². The molecule has 1 saturated heterocycles. The van der Waals surface area contributed by atoms with Gasteiger partial charge in [-0.3, -0.25) is 9.79 Å². The van der Waals surface area contributed by atoms with Crippen LogP contribution in [-0.4, -0.2) is 64.3 Å². The van der Waals surface area contributed by atoms with Crippen molar-refractivity contribution in [3.63, 3.8) is 0 Å². The van der Waals surface area contributed by atoms with E-state index >= 15 is 0 Å². The largest absolute Gasteiger partial charge is 0.493 e. The summed E-state index contributed by atoms with van der Waals surface area (Å²) in [5, 5.41) is 3.50. The van der Waals surface area contributed by atoms with Gasteiger partial charge in [0.05, 0.1) is 26.7 Å². The molecule has 1 aliphatic heterocycles. The van der Waals surface area contributed by atoms with Crippen LogP contribution in [0.3, 0.4) is 0 Å². The molecule has 30 heavy (non-hydrogen) atoms. The Hall–Kier alpha value is -1.71. The predicted octanol–water partition coefficient (Wildman–Crippen LogP) is 3.45. The van der Waals surface area contributed by atoms with Crippen LogP contribution in [-0.2, 0) is 14.9 Å². The molecular weight excluding hydrogens is 497 g/mol. The van der Waals surface area contributed by atoms with Gasteiger partial charge in [-0.05, 0) is 37.5 Å². The standard InChI is InChI=1S/C22H35N3O4.HI/c1-7-29-20(26)16-10-12-25(13-11-16)21(23-4)24-15-22(2,3)17-8-9-18(27-5)19(14-17)28-6;/h8-9,14,16H,7,10-13,15H2,1-6H3,(H,23,24);1H. The average molecular weight is 533 g/mol. The fourth-order valence-corrected chi connectivity index (χ4v) is 3.58. The van der Waals surface area contributed by atoms with Gasteiger partial charge in [-0.15, -0.1) is 24.0 Å². The molecule has 1 aromatic rings. The van der Waals surface area contributed by atoms with E-state index in [4.69, 9.17) is 14.2 Å². The first-order valence-corrected chi connectivity index (χ1v) is 10.2. The van der Waals surface area contributed by atoms with E-state index in [1.807, 2.05) is 19.1 Å². The van der Waals surface area contributed by atoms with Gasteiger partial charge >= 0.3 is 5.97 Å². The summed E-state index contributed by atoms with van der Waals surface area (Å²) in [6.45, 7) is 8.95. The Kier molecular flexibility index (Phi) is 10.7. The molecule has 170 valence electrons. The lowest BCUT2D eigenvalue weighted by Gasteiger charge is -2.35. The number of benzene rings is 1. The molecule has 7 nitrogen and oxygen atoms in total. The van der Waals surface area contributed by atoms with Crippen LogP contribution in [0, 0.1) is 5.92 Å². The molecule has 0 aromatic heterocycles. The lowest BCUT2D eigenvalue weighted by atomic mass is 9.84. The van der Waals surface area contributed by atoms with Crippen LogP contribution < -0.4 is 14.8 Å². The van der Waals surface area contributed by atoms with Gasteiger partial charge < -0.3 is 24.4 Å². The van der Waals surface area contributed by atoms with Gasteiger partial charge in [0.2, 0.25) is 0 Å². The van der Waals surface area contributed by atoms with Crippen molar-refractivity contribution < 1.29 is 19.0 Å². The number of hydrogen-bond acceptors (Lipinski definition) is 5. The smallest absolute Gasteiger partial charge is 0.309 e. The number of piperidine rings is 1. The minimum absolute atomic E-state index is 0. The zero-order valence-corrected chi connectivity index (χ0v) is 21.3. The number of guanidine groups is 1. The average Bonchev–Trinajstić information content (AvgIpc) is 2.74. The summed E-state index contributed by atoms with van der Waals surface area (Å²) in [7, 11) is 5.08. The number of methoxy groups -OCH3 is 2. The SMILES string of the molecule is CCOC(=O)C1CCN(C(=NC)NCC(C)(C)c2ccc(OC)c(OC)c2)CC1.I. The van der Waals surface area contributed by atoms with Crippen LogP contribution in [0.25, 0.3) is 0 Å². The van der Waals surface area contributed by atoms with Crippen molar-refractivity contribution in [1.29, 1.82) is 0 Å². The van der Waals surface area contributed by atoms with Crippen molar-refractivity contribution in [2.24, 2.45) is 10.9 Å². The lowest BCUT2D eigenvalue weighted by molar-refractivity contribution is -0.149. The summed E-state index contributed by atoms with van der Waals surface area (Å²) in [6.07, 6.45) is 1.58. The van der Waals surface area contributed by atoms with Crippen molar-refractivity contribution in [2.75, 3.05) is 47.5 Å². The van der Waals surface area contributed by atoms with E-state index in [-0.39, 0.29) is 41.3 Å². The third kappa shape index (κ3) is 6.65. The van der Waals surface area contributed by atoms with Crippen molar-refractivity contribution in [3.05, 3.63) is 23.8 Å². The molecule has 0 amide bonds. The van der Waals surface area contributed by atoms with Crippen LogP contribution in [0.2, 0.25) is 0 Å². The third-order valence-corrected chi connectivity index (χ3v) is 5.48. The molecule has 1 fully saturated rings. The minimum Gasteiger partial charge on any atom is -0.493 e. The summed E-state index contributed by atoms with van der Waals surface area (Å²) < 4.78 is 15.9. The Balaban J connectivity index is 0.00000450. The Labute approximate surface area is 197 Å². The van der Waals surface area contributed by atoms with Gasteiger partial charge in [0, 0.05) is 32.1 Å². The third-order valence-electron chi connectivity index (χ3n) is 5.48. The molecule has 1 N–H and O–H groups in total. The predicted molar refractivity (Wildman–Crippen MR) is 130 cm³/mol. The Morgan fingerprint density at radius 2 is 1.83 bits per heavy atom. The van der Waals surface area contributed by atoms with Crippen molar-refractivity contribution in [3.8, 4) is 11.5 Å². The number of carbonyl (C=O) groups excluding carboxylic acids is 1. The molecule has 0 atom stereocenters. The fraction of sp³-hybridized carbons (Fsp3) is 0.636. The van der Waals surface area contributed by atoms with Crippen molar-refractivity contribution in [1.82, 2.24) is 10.2 Å². The molecular formula is C22H36IN3O4. The summed E-state index contributed by atoms with van der Waals surface area (Å²) in [4.78, 5) is 18.6. The molecule has 0 bridgehead atoms. The first kappa shape index (κ1) is 26.3. The molecule has 1 aromatic carbocycles. The zero-order valence-electron chi connectivity index (χ0n) is 19.0. The van der Waals surface area contributed by atoms with E-state index in [0.29, 0.717) is 13.2 Å². The van der Waals surface area contributed by atoms with E-state index in [1.54, 1.807) is 21.3 Å². The highest BCUT2D eigenvalue weighted by molar-refractivity contribution is 14.0. The molecule has 0 aliphatic carbocycles. The monoisotopic (exact) mass is 533 g/mol. The molecule has 1 heterocycles. The van der Waals surface area contributed by atoms with Crippen molar-refractivity contribution in [2.45, 2.75) is 39.0 Å². The minimum atomic E-state index is -0.140. The van der Waals surface area contributed by atoms with Crippen molar-refractivity contribution >= 4 is 35.9 Å². The van der Waals surface area contributed by atoms with Crippen LogP contribution >= 0.6 is 24.0 Å². The van der Waals surface area contributed by atoms with Gasteiger partial charge in [0.1, 0.15) is 0 Å². The highest BCUT2D eigenvalue weighted by Gasteiger charge is 2.28. The number of halogens is 1. The maximum atomic E-state index is 12.0. The molecule has 8 heteroatoms. The number of rotatable bonds is 7. The Morgan fingerprint density at radius 3 is 2.37 bits per heavy atom. The molecule has 0 unspecified atom stereocenters.